The fraction of sp³-hybridized carbons (Fsp3) is 0.361. The van der Waals surface area contributed by atoms with Crippen molar-refractivity contribution in [3.63, 3.8) is 0 Å². The van der Waals surface area contributed by atoms with Crippen LogP contribution in [0.5, 0.6) is 0 Å². The Bertz CT molecular complexity index is 1870. The van der Waals surface area contributed by atoms with E-state index in [2.05, 4.69) is 10.1 Å². The van der Waals surface area contributed by atoms with Crippen LogP contribution in [0.3, 0.4) is 0 Å². The molecule has 1 fully saturated rings. The van der Waals surface area contributed by atoms with Crippen LogP contribution >= 0.6 is 11.8 Å². The Balaban J connectivity index is 1.37. The number of carbonyl (C=O) groups is 2. The molecular weight excluding hydrogens is 674 g/mol. The first-order valence-corrected chi connectivity index (χ1v) is 17.0. The number of aryl methyl sites for hydroxylation is 1. The van der Waals surface area contributed by atoms with E-state index >= 15 is 0 Å². The van der Waals surface area contributed by atoms with Crippen molar-refractivity contribution in [3.05, 3.63) is 111 Å². The Kier molecular flexibility index (Phi) is 11.0. The molecule has 50 heavy (non-hydrogen) atoms. The number of alkyl halides is 3. The first-order chi connectivity index (χ1) is 23.6. The van der Waals surface area contributed by atoms with Gasteiger partial charge < -0.3 is 14.5 Å². The second-order valence-electron chi connectivity index (χ2n) is 12.9. The van der Waals surface area contributed by atoms with Crippen LogP contribution in [0.2, 0.25) is 0 Å². The molecule has 4 aromatic rings. The predicted molar refractivity (Wildman–Crippen MR) is 181 cm³/mol. The van der Waals surface area contributed by atoms with Crippen molar-refractivity contribution in [3.8, 4) is 11.1 Å². The zero-order chi connectivity index (χ0) is 36.2. The summed E-state index contributed by atoms with van der Waals surface area (Å²) in [5.41, 5.74) is 1.16. The van der Waals surface area contributed by atoms with Crippen molar-refractivity contribution in [1.82, 2.24) is 24.6 Å². The summed E-state index contributed by atoms with van der Waals surface area (Å²) < 4.78 is 59.5. The second-order valence-corrected chi connectivity index (χ2v) is 13.8. The maximum Gasteiger partial charge on any atom is 0.416 e. The summed E-state index contributed by atoms with van der Waals surface area (Å²) in [4.78, 5) is 46.8. The van der Waals surface area contributed by atoms with Crippen molar-refractivity contribution < 1.29 is 31.9 Å². The van der Waals surface area contributed by atoms with Crippen molar-refractivity contribution in [1.29, 1.82) is 0 Å². The Morgan fingerprint density at radius 3 is 2.06 bits per heavy atom. The molecule has 264 valence electrons. The molecule has 1 aromatic heterocycles. The molecule has 0 aliphatic carbocycles. The van der Waals surface area contributed by atoms with Gasteiger partial charge in [0.25, 0.3) is 5.56 Å². The second kappa shape index (κ2) is 15.0. The summed E-state index contributed by atoms with van der Waals surface area (Å²) in [5, 5.41) is 4.69. The van der Waals surface area contributed by atoms with Gasteiger partial charge in [0.1, 0.15) is 23.7 Å². The fourth-order valence-corrected chi connectivity index (χ4v) is 6.11. The average Bonchev–Trinajstić information content (AvgIpc) is 3.03. The number of hydrogen-bond acceptors (Lipinski definition) is 7. The number of hydrogen-bond donors (Lipinski definition) is 0. The van der Waals surface area contributed by atoms with Gasteiger partial charge in [0, 0.05) is 25.4 Å². The molecule has 1 saturated heterocycles. The maximum atomic E-state index is 14.1. The minimum atomic E-state index is -4.43. The molecule has 0 atom stereocenters. The number of aromatic nitrogens is 3. The zero-order valence-corrected chi connectivity index (χ0v) is 28.9. The quantitative estimate of drug-likeness (QED) is 0.130. The summed E-state index contributed by atoms with van der Waals surface area (Å²) in [6.07, 6.45) is -4.61. The third kappa shape index (κ3) is 9.29. The number of thioether (sulfide) groups is 1. The normalized spacial score (nSPS) is 13.6. The smallest absolute Gasteiger partial charge is 0.416 e. The topological polar surface area (TPSA) is 97.6 Å². The lowest BCUT2D eigenvalue weighted by Crippen LogP contribution is -2.63. The zero-order valence-electron chi connectivity index (χ0n) is 28.0. The predicted octanol–water partition coefficient (Wildman–Crippen LogP) is 6.97. The standard InChI is InChI=1S/C36H37F4N5O4S/c1-5-30-32(47)41-33(50-22-24-8-16-28(37)17-9-24)45(42-30)21-31(46)44(29-19-43(20-29)34(48)49-35(2,3)4)18-23-6-10-25(11-7-23)26-12-14-27(15-13-26)36(38,39)40/h6-17,29H,5,18-22H2,1-4H3. The molecule has 0 spiro atoms. The molecule has 5 rings (SSSR count). The van der Waals surface area contributed by atoms with Gasteiger partial charge in [0.2, 0.25) is 5.91 Å². The van der Waals surface area contributed by atoms with Crippen LogP contribution in [0.15, 0.2) is 82.7 Å². The fourth-order valence-electron chi connectivity index (χ4n) is 5.22. The highest BCUT2D eigenvalue weighted by Gasteiger charge is 2.39. The number of nitrogens with zero attached hydrogens (tertiary/aromatic N) is 5. The number of halogens is 4. The Morgan fingerprint density at radius 2 is 1.50 bits per heavy atom. The van der Waals surface area contributed by atoms with Gasteiger partial charge in [-0.1, -0.05) is 67.2 Å². The molecule has 0 bridgehead atoms. The molecule has 14 heteroatoms. The molecule has 0 unspecified atom stereocenters. The third-order valence-corrected chi connectivity index (χ3v) is 8.97. The van der Waals surface area contributed by atoms with Crippen molar-refractivity contribution in [2.45, 2.75) is 75.9 Å². The molecule has 9 nitrogen and oxygen atoms in total. The van der Waals surface area contributed by atoms with Crippen LogP contribution in [0.25, 0.3) is 11.1 Å². The van der Waals surface area contributed by atoms with Gasteiger partial charge in [-0.15, -0.1) is 0 Å². The van der Waals surface area contributed by atoms with E-state index in [-0.39, 0.29) is 54.8 Å². The summed E-state index contributed by atoms with van der Waals surface area (Å²) in [6.45, 7) is 7.50. The van der Waals surface area contributed by atoms with Crippen LogP contribution in [0.4, 0.5) is 22.4 Å². The van der Waals surface area contributed by atoms with Crippen LogP contribution in [-0.2, 0) is 41.0 Å². The van der Waals surface area contributed by atoms with Crippen LogP contribution in [-0.4, -0.2) is 61.3 Å². The lowest BCUT2D eigenvalue weighted by molar-refractivity contribution is -0.139. The van der Waals surface area contributed by atoms with Gasteiger partial charge in [-0.25, -0.2) is 13.9 Å². The van der Waals surface area contributed by atoms with E-state index < -0.39 is 29.0 Å². The Morgan fingerprint density at radius 1 is 0.920 bits per heavy atom. The van der Waals surface area contributed by atoms with Crippen LogP contribution in [0, 0.1) is 5.82 Å². The van der Waals surface area contributed by atoms with E-state index in [0.29, 0.717) is 23.3 Å². The highest BCUT2D eigenvalue weighted by molar-refractivity contribution is 7.98. The van der Waals surface area contributed by atoms with Gasteiger partial charge in [0.05, 0.1) is 11.6 Å². The molecule has 2 heterocycles. The molecule has 0 saturated carbocycles. The lowest BCUT2D eigenvalue weighted by Gasteiger charge is -2.45. The summed E-state index contributed by atoms with van der Waals surface area (Å²) in [7, 11) is 0. The first-order valence-electron chi connectivity index (χ1n) is 16.0. The number of carbonyl (C=O) groups excluding carboxylic acids is 2. The number of likely N-dealkylation sites (tertiary alicyclic amines) is 1. The molecular formula is C36H37F4N5O4S. The van der Waals surface area contributed by atoms with Gasteiger partial charge in [-0.05, 0) is 73.7 Å². The van der Waals surface area contributed by atoms with E-state index in [9.17, 15) is 31.9 Å². The summed E-state index contributed by atoms with van der Waals surface area (Å²) in [6, 6.07) is 17.6. The minimum Gasteiger partial charge on any atom is -0.444 e. The number of benzene rings is 3. The largest absolute Gasteiger partial charge is 0.444 e. The van der Waals surface area contributed by atoms with Crippen LogP contribution < -0.4 is 5.56 Å². The summed E-state index contributed by atoms with van der Waals surface area (Å²) in [5.74, 6) is -0.338. The molecule has 1 aliphatic rings. The highest BCUT2D eigenvalue weighted by atomic mass is 32.2. The Hall–Kier alpha value is -4.72. The maximum absolute atomic E-state index is 14.1. The minimum absolute atomic E-state index is 0.172. The molecule has 2 amide bonds. The van der Waals surface area contributed by atoms with E-state index in [1.807, 2.05) is 0 Å². The monoisotopic (exact) mass is 711 g/mol. The van der Waals surface area contributed by atoms with Crippen molar-refractivity contribution >= 4 is 23.8 Å². The third-order valence-electron chi connectivity index (χ3n) is 7.93. The van der Waals surface area contributed by atoms with E-state index in [1.165, 1.54) is 45.6 Å². The molecule has 0 N–H and O–H groups in total. The summed E-state index contributed by atoms with van der Waals surface area (Å²) >= 11 is 1.20. The van der Waals surface area contributed by atoms with Gasteiger partial charge in [-0.2, -0.15) is 23.3 Å². The average molecular weight is 712 g/mol. The highest BCUT2D eigenvalue weighted by Crippen LogP contribution is 2.31. The Labute approximate surface area is 291 Å². The van der Waals surface area contributed by atoms with Crippen molar-refractivity contribution in [2.24, 2.45) is 0 Å². The number of ether oxygens (including phenoxy) is 1. The molecule has 1 aliphatic heterocycles. The van der Waals surface area contributed by atoms with Crippen molar-refractivity contribution in [2.75, 3.05) is 13.1 Å². The van der Waals surface area contributed by atoms with E-state index in [1.54, 1.807) is 69.0 Å². The molecule has 0 radical (unpaired) electrons. The van der Waals surface area contributed by atoms with Crippen LogP contribution in [0.1, 0.15) is 50.1 Å². The first kappa shape index (κ1) is 36.6. The number of amides is 2. The van der Waals surface area contributed by atoms with E-state index in [0.717, 1.165) is 23.3 Å². The van der Waals surface area contributed by atoms with Gasteiger partial charge >= 0.3 is 12.3 Å². The van der Waals surface area contributed by atoms with Gasteiger partial charge in [0.15, 0.2) is 5.16 Å². The lowest BCUT2D eigenvalue weighted by atomic mass is 10.0. The SMILES string of the molecule is CCc1nn(CC(=O)N(Cc2ccc(-c3ccc(C(F)(F)F)cc3)cc2)C2CN(C(=O)OC(C)(C)C)C2)c(SCc2ccc(F)cc2)nc1=O. The van der Waals surface area contributed by atoms with E-state index in [4.69, 9.17) is 4.74 Å². The number of rotatable bonds is 10. The van der Waals surface area contributed by atoms with Gasteiger partial charge in [-0.3, -0.25) is 9.59 Å². The molecule has 3 aromatic carbocycles.